The van der Waals surface area contributed by atoms with Crippen molar-refractivity contribution < 1.29 is 4.79 Å². The quantitative estimate of drug-likeness (QED) is 0.825. The second kappa shape index (κ2) is 7.41. The van der Waals surface area contributed by atoms with E-state index in [0.717, 1.165) is 32.6 Å². The Morgan fingerprint density at radius 3 is 2.60 bits per heavy atom. The number of carbonyl (C=O) groups is 1. The van der Waals surface area contributed by atoms with Crippen LogP contribution >= 0.6 is 0 Å². The van der Waals surface area contributed by atoms with E-state index < -0.39 is 0 Å². The average Bonchev–Trinajstić information content (AvgIpc) is 2.86. The highest BCUT2D eigenvalue weighted by Gasteiger charge is 2.30. The summed E-state index contributed by atoms with van der Waals surface area (Å²) in [5, 5.41) is 3.30. The van der Waals surface area contributed by atoms with E-state index in [0.29, 0.717) is 6.54 Å². The van der Waals surface area contributed by atoms with Crippen LogP contribution in [-0.2, 0) is 4.79 Å². The molecule has 0 aliphatic carbocycles. The lowest BCUT2D eigenvalue weighted by atomic mass is 10.1. The average molecular weight is 275 g/mol. The summed E-state index contributed by atoms with van der Waals surface area (Å²) >= 11 is 0. The summed E-state index contributed by atoms with van der Waals surface area (Å²) in [4.78, 5) is 16.4. The number of hydrogen-bond acceptors (Lipinski definition) is 3. The predicted octanol–water partition coefficient (Wildman–Crippen LogP) is 1.85. The van der Waals surface area contributed by atoms with Gasteiger partial charge in [0, 0.05) is 6.54 Å². The fourth-order valence-electron chi connectivity index (χ4n) is 2.73. The fourth-order valence-corrected chi connectivity index (χ4v) is 2.73. The van der Waals surface area contributed by atoms with Crippen molar-refractivity contribution in [3.63, 3.8) is 0 Å². The van der Waals surface area contributed by atoms with E-state index in [1.165, 1.54) is 5.56 Å². The van der Waals surface area contributed by atoms with Crippen molar-refractivity contribution in [3.05, 3.63) is 35.9 Å². The van der Waals surface area contributed by atoms with E-state index in [1.807, 2.05) is 23.1 Å². The maximum Gasteiger partial charge on any atom is 0.238 e. The van der Waals surface area contributed by atoms with Crippen molar-refractivity contribution in [2.45, 2.75) is 26.4 Å². The van der Waals surface area contributed by atoms with E-state index >= 15 is 0 Å². The molecule has 0 aromatic heterocycles. The molecule has 1 unspecified atom stereocenters. The third kappa shape index (κ3) is 3.58. The Balaban J connectivity index is 1.92. The number of rotatable bonds is 7. The van der Waals surface area contributed by atoms with Crippen molar-refractivity contribution in [2.24, 2.45) is 0 Å². The molecule has 2 rings (SSSR count). The van der Waals surface area contributed by atoms with Gasteiger partial charge in [-0.05, 0) is 31.6 Å². The Hall–Kier alpha value is -1.39. The molecular weight excluding hydrogens is 250 g/mol. The summed E-state index contributed by atoms with van der Waals surface area (Å²) in [6.45, 7) is 8.83. The lowest BCUT2D eigenvalue weighted by Gasteiger charge is -2.26. The van der Waals surface area contributed by atoms with Gasteiger partial charge in [-0.25, -0.2) is 0 Å². The Bertz CT molecular complexity index is 417. The van der Waals surface area contributed by atoms with Gasteiger partial charge in [-0.15, -0.1) is 0 Å². The normalized spacial score (nSPS) is 19.1. The summed E-state index contributed by atoms with van der Waals surface area (Å²) in [6, 6.07) is 10.2. The second-order valence-corrected chi connectivity index (χ2v) is 5.16. The molecule has 1 aliphatic rings. The third-order valence-electron chi connectivity index (χ3n) is 3.96. The number of carbonyl (C=O) groups excluding carboxylic acids is 1. The molecule has 1 saturated heterocycles. The van der Waals surface area contributed by atoms with Gasteiger partial charge in [0.1, 0.15) is 6.17 Å². The Labute approximate surface area is 121 Å². The van der Waals surface area contributed by atoms with Gasteiger partial charge in [-0.1, -0.05) is 44.2 Å². The number of nitrogens with one attached hydrogen (secondary N) is 1. The van der Waals surface area contributed by atoms with Gasteiger partial charge in [-0.3, -0.25) is 10.1 Å². The maximum absolute atomic E-state index is 12.0. The van der Waals surface area contributed by atoms with E-state index in [1.54, 1.807) is 0 Å². The van der Waals surface area contributed by atoms with E-state index in [2.05, 4.69) is 36.2 Å². The lowest BCUT2D eigenvalue weighted by molar-refractivity contribution is -0.128. The number of nitrogens with zero attached hydrogens (tertiary/aromatic N) is 2. The standard InChI is InChI=1S/C16H25N3O/c1-3-18(4-2)11-8-12-19-15(20)13-17-16(19)14-9-6-5-7-10-14/h5-7,9-10,16-17H,3-4,8,11-13H2,1-2H3. The van der Waals surface area contributed by atoms with Crippen molar-refractivity contribution >= 4 is 5.91 Å². The molecule has 4 nitrogen and oxygen atoms in total. The second-order valence-electron chi connectivity index (χ2n) is 5.16. The monoisotopic (exact) mass is 275 g/mol. The first-order valence-electron chi connectivity index (χ1n) is 7.56. The lowest BCUT2D eigenvalue weighted by Crippen LogP contribution is -2.33. The summed E-state index contributed by atoms with van der Waals surface area (Å²) in [6.07, 6.45) is 1.07. The first kappa shape index (κ1) is 15.0. The Morgan fingerprint density at radius 2 is 1.95 bits per heavy atom. The van der Waals surface area contributed by atoms with Gasteiger partial charge >= 0.3 is 0 Å². The molecule has 110 valence electrons. The number of amides is 1. The van der Waals surface area contributed by atoms with Crippen molar-refractivity contribution in [2.75, 3.05) is 32.7 Å². The first-order chi connectivity index (χ1) is 9.76. The minimum Gasteiger partial charge on any atom is -0.322 e. The van der Waals surface area contributed by atoms with Gasteiger partial charge in [0.05, 0.1) is 6.54 Å². The van der Waals surface area contributed by atoms with Crippen LogP contribution in [0.5, 0.6) is 0 Å². The van der Waals surface area contributed by atoms with Crippen molar-refractivity contribution in [1.29, 1.82) is 0 Å². The molecular formula is C16H25N3O. The van der Waals surface area contributed by atoms with E-state index in [9.17, 15) is 4.79 Å². The van der Waals surface area contributed by atoms with Crippen LogP contribution < -0.4 is 5.32 Å². The van der Waals surface area contributed by atoms with E-state index in [4.69, 9.17) is 0 Å². The van der Waals surface area contributed by atoms with Crippen LogP contribution in [0, 0.1) is 0 Å². The summed E-state index contributed by atoms with van der Waals surface area (Å²) in [7, 11) is 0. The predicted molar refractivity (Wildman–Crippen MR) is 81.3 cm³/mol. The molecule has 0 bridgehead atoms. The molecule has 1 atom stereocenters. The molecule has 1 amide bonds. The highest BCUT2D eigenvalue weighted by atomic mass is 16.2. The molecule has 1 aromatic rings. The van der Waals surface area contributed by atoms with Crippen LogP contribution in [0.15, 0.2) is 30.3 Å². The van der Waals surface area contributed by atoms with Crippen LogP contribution in [0.25, 0.3) is 0 Å². The summed E-state index contributed by atoms with van der Waals surface area (Å²) in [5.74, 6) is 0.207. The SMILES string of the molecule is CCN(CC)CCCN1C(=O)CNC1c1ccccc1. The van der Waals surface area contributed by atoms with Gasteiger partial charge in [0.15, 0.2) is 0 Å². The van der Waals surface area contributed by atoms with Gasteiger partial charge < -0.3 is 9.80 Å². The number of benzene rings is 1. The van der Waals surface area contributed by atoms with Crippen LogP contribution in [0.2, 0.25) is 0 Å². The van der Waals surface area contributed by atoms with Gasteiger partial charge in [-0.2, -0.15) is 0 Å². The topological polar surface area (TPSA) is 35.6 Å². The largest absolute Gasteiger partial charge is 0.322 e. The fraction of sp³-hybridized carbons (Fsp3) is 0.562. The summed E-state index contributed by atoms with van der Waals surface area (Å²) < 4.78 is 0. The molecule has 20 heavy (non-hydrogen) atoms. The van der Waals surface area contributed by atoms with Crippen molar-refractivity contribution in [3.8, 4) is 0 Å². The van der Waals surface area contributed by atoms with Crippen LogP contribution in [0.4, 0.5) is 0 Å². The van der Waals surface area contributed by atoms with Gasteiger partial charge in [0.25, 0.3) is 0 Å². The molecule has 0 spiro atoms. The highest BCUT2D eigenvalue weighted by molar-refractivity contribution is 5.80. The maximum atomic E-state index is 12.0. The molecule has 4 heteroatoms. The Morgan fingerprint density at radius 1 is 1.25 bits per heavy atom. The van der Waals surface area contributed by atoms with Gasteiger partial charge in [0.2, 0.25) is 5.91 Å². The molecule has 1 heterocycles. The zero-order valence-electron chi connectivity index (χ0n) is 12.5. The molecule has 1 aromatic carbocycles. The van der Waals surface area contributed by atoms with Crippen LogP contribution in [0.1, 0.15) is 32.0 Å². The summed E-state index contributed by atoms with van der Waals surface area (Å²) in [5.41, 5.74) is 1.17. The zero-order chi connectivity index (χ0) is 14.4. The zero-order valence-corrected chi connectivity index (χ0v) is 12.5. The molecule has 0 radical (unpaired) electrons. The third-order valence-corrected chi connectivity index (χ3v) is 3.96. The number of hydrogen-bond donors (Lipinski definition) is 1. The first-order valence-corrected chi connectivity index (χ1v) is 7.56. The smallest absolute Gasteiger partial charge is 0.238 e. The highest BCUT2D eigenvalue weighted by Crippen LogP contribution is 2.22. The molecule has 0 saturated carbocycles. The minimum atomic E-state index is 0.0420. The Kier molecular flexibility index (Phi) is 5.56. The van der Waals surface area contributed by atoms with Crippen LogP contribution in [-0.4, -0.2) is 48.4 Å². The van der Waals surface area contributed by atoms with Crippen LogP contribution in [0.3, 0.4) is 0 Å². The van der Waals surface area contributed by atoms with E-state index in [-0.39, 0.29) is 12.1 Å². The minimum absolute atomic E-state index is 0.0420. The molecule has 1 N–H and O–H groups in total. The molecule has 1 aliphatic heterocycles. The molecule has 1 fully saturated rings. The van der Waals surface area contributed by atoms with Crippen molar-refractivity contribution in [1.82, 2.24) is 15.1 Å².